The van der Waals surface area contributed by atoms with Crippen LogP contribution >= 0.6 is 11.6 Å². The zero-order chi connectivity index (χ0) is 19.5. The Kier molecular flexibility index (Phi) is 4.87. The average molecular weight is 393 g/mol. The molecular formula is C21H14ClFN4O. The monoisotopic (exact) mass is 392 g/mol. The summed E-state index contributed by atoms with van der Waals surface area (Å²) in [5.41, 5.74) is 2.57. The number of pyridine rings is 1. The Labute approximate surface area is 165 Å². The van der Waals surface area contributed by atoms with E-state index >= 15 is 0 Å². The third-order valence-corrected chi connectivity index (χ3v) is 4.47. The van der Waals surface area contributed by atoms with Crippen LogP contribution in [-0.4, -0.2) is 20.7 Å². The molecule has 2 heterocycles. The molecule has 5 nitrogen and oxygen atoms in total. The molecule has 28 heavy (non-hydrogen) atoms. The summed E-state index contributed by atoms with van der Waals surface area (Å²) in [6, 6.07) is 16.5. The number of carbonyl (C=O) groups is 1. The lowest BCUT2D eigenvalue weighted by Crippen LogP contribution is -2.13. The van der Waals surface area contributed by atoms with E-state index in [1.54, 1.807) is 60.9 Å². The second kappa shape index (κ2) is 7.62. The first-order valence-electron chi connectivity index (χ1n) is 8.44. The minimum absolute atomic E-state index is 0.329. The van der Waals surface area contributed by atoms with Crippen LogP contribution in [-0.2, 0) is 0 Å². The van der Waals surface area contributed by atoms with Gasteiger partial charge in [0.05, 0.1) is 33.9 Å². The lowest BCUT2D eigenvalue weighted by atomic mass is 10.1. The predicted octanol–water partition coefficient (Wildman–Crippen LogP) is 4.98. The van der Waals surface area contributed by atoms with E-state index in [4.69, 9.17) is 11.6 Å². The van der Waals surface area contributed by atoms with Crippen molar-refractivity contribution >= 4 is 23.2 Å². The summed E-state index contributed by atoms with van der Waals surface area (Å²) in [5, 5.41) is 7.55. The zero-order valence-corrected chi connectivity index (χ0v) is 15.3. The smallest absolute Gasteiger partial charge is 0.259 e. The van der Waals surface area contributed by atoms with Crippen molar-refractivity contribution in [3.05, 3.63) is 95.7 Å². The van der Waals surface area contributed by atoms with Gasteiger partial charge in [0.25, 0.3) is 5.91 Å². The maximum atomic E-state index is 13.7. The van der Waals surface area contributed by atoms with Crippen LogP contribution in [0.1, 0.15) is 10.4 Å². The highest BCUT2D eigenvalue weighted by atomic mass is 35.5. The molecule has 4 rings (SSSR count). The first kappa shape index (κ1) is 17.9. The van der Waals surface area contributed by atoms with Crippen LogP contribution in [0, 0.1) is 5.82 Å². The van der Waals surface area contributed by atoms with E-state index in [9.17, 15) is 9.18 Å². The molecule has 0 saturated heterocycles. The van der Waals surface area contributed by atoms with Gasteiger partial charge in [-0.25, -0.2) is 9.07 Å². The molecule has 0 aliphatic rings. The highest BCUT2D eigenvalue weighted by Gasteiger charge is 2.21. The minimum Gasteiger partial charge on any atom is -0.321 e. The molecule has 0 saturated carbocycles. The second-order valence-corrected chi connectivity index (χ2v) is 6.38. The van der Waals surface area contributed by atoms with Crippen molar-refractivity contribution in [2.45, 2.75) is 0 Å². The van der Waals surface area contributed by atoms with Crippen LogP contribution in [0.5, 0.6) is 0 Å². The first-order chi connectivity index (χ1) is 13.6. The molecule has 0 aliphatic heterocycles. The van der Waals surface area contributed by atoms with Gasteiger partial charge >= 0.3 is 0 Å². The summed E-state index contributed by atoms with van der Waals surface area (Å²) < 4.78 is 15.3. The van der Waals surface area contributed by atoms with Crippen molar-refractivity contribution in [1.29, 1.82) is 0 Å². The molecular weight excluding hydrogens is 379 g/mol. The summed E-state index contributed by atoms with van der Waals surface area (Å²) >= 11 is 6.15. The van der Waals surface area contributed by atoms with Crippen LogP contribution in [0.4, 0.5) is 10.1 Å². The Morgan fingerprint density at radius 2 is 1.82 bits per heavy atom. The lowest BCUT2D eigenvalue weighted by molar-refractivity contribution is 0.102. The molecule has 0 unspecified atom stereocenters. The molecule has 0 radical (unpaired) electrons. The van der Waals surface area contributed by atoms with Gasteiger partial charge in [-0.3, -0.25) is 9.78 Å². The number of carbonyl (C=O) groups excluding carboxylic acids is 1. The number of amides is 1. The number of nitrogens with zero attached hydrogens (tertiary/aromatic N) is 3. The highest BCUT2D eigenvalue weighted by Crippen LogP contribution is 2.28. The molecule has 2 aromatic carbocycles. The number of para-hydroxylation sites is 1. The van der Waals surface area contributed by atoms with Crippen LogP contribution in [0.3, 0.4) is 0 Å². The topological polar surface area (TPSA) is 59.8 Å². The first-order valence-corrected chi connectivity index (χ1v) is 8.81. The van der Waals surface area contributed by atoms with E-state index in [0.717, 1.165) is 5.56 Å². The molecule has 0 atom stereocenters. The number of aromatic nitrogens is 3. The summed E-state index contributed by atoms with van der Waals surface area (Å²) in [4.78, 5) is 17.0. The Bertz CT molecular complexity index is 1140. The zero-order valence-electron chi connectivity index (χ0n) is 14.5. The third-order valence-electron chi connectivity index (χ3n) is 4.14. The van der Waals surface area contributed by atoms with Crippen LogP contribution in [0.2, 0.25) is 5.02 Å². The SMILES string of the molecule is O=C(Nc1ccccc1Cl)c1cnn(-c2cccc(F)c2)c1-c1ccncc1. The van der Waals surface area contributed by atoms with Gasteiger partial charge in [0, 0.05) is 18.0 Å². The summed E-state index contributed by atoms with van der Waals surface area (Å²) in [6.07, 6.45) is 4.69. The Morgan fingerprint density at radius 3 is 2.57 bits per heavy atom. The number of hydrogen-bond acceptors (Lipinski definition) is 3. The highest BCUT2D eigenvalue weighted by molar-refractivity contribution is 6.34. The van der Waals surface area contributed by atoms with Crippen LogP contribution in [0.15, 0.2) is 79.3 Å². The van der Waals surface area contributed by atoms with Gasteiger partial charge in [-0.1, -0.05) is 29.8 Å². The van der Waals surface area contributed by atoms with Gasteiger partial charge in [-0.05, 0) is 42.5 Å². The third kappa shape index (κ3) is 3.50. The van der Waals surface area contributed by atoms with Crippen LogP contribution in [0.25, 0.3) is 16.9 Å². The predicted molar refractivity (Wildman–Crippen MR) is 106 cm³/mol. The number of benzene rings is 2. The number of rotatable bonds is 4. The van der Waals surface area contributed by atoms with E-state index in [0.29, 0.717) is 27.7 Å². The second-order valence-electron chi connectivity index (χ2n) is 5.97. The average Bonchev–Trinajstić information content (AvgIpc) is 3.16. The Hall–Kier alpha value is -3.51. The number of halogens is 2. The fourth-order valence-corrected chi connectivity index (χ4v) is 3.04. The van der Waals surface area contributed by atoms with Gasteiger partial charge in [0.15, 0.2) is 0 Å². The maximum Gasteiger partial charge on any atom is 0.259 e. The van der Waals surface area contributed by atoms with E-state index in [2.05, 4.69) is 15.4 Å². The fraction of sp³-hybridized carbons (Fsp3) is 0. The number of anilines is 1. The molecule has 1 amide bonds. The molecule has 138 valence electrons. The summed E-state index contributed by atoms with van der Waals surface area (Å²) in [7, 11) is 0. The summed E-state index contributed by atoms with van der Waals surface area (Å²) in [6.45, 7) is 0. The molecule has 0 fully saturated rings. The molecule has 7 heteroatoms. The molecule has 2 aromatic heterocycles. The normalized spacial score (nSPS) is 10.6. The van der Waals surface area contributed by atoms with Crippen molar-refractivity contribution in [1.82, 2.24) is 14.8 Å². The Balaban J connectivity index is 1.82. The van der Waals surface area contributed by atoms with Crippen molar-refractivity contribution in [3.63, 3.8) is 0 Å². The van der Waals surface area contributed by atoms with Gasteiger partial charge in [-0.15, -0.1) is 0 Å². The van der Waals surface area contributed by atoms with Gasteiger partial charge < -0.3 is 5.32 Å². The van der Waals surface area contributed by atoms with Crippen molar-refractivity contribution < 1.29 is 9.18 Å². The molecule has 0 spiro atoms. The Morgan fingerprint density at radius 1 is 1.04 bits per heavy atom. The fourth-order valence-electron chi connectivity index (χ4n) is 2.86. The number of nitrogens with one attached hydrogen (secondary N) is 1. The maximum absolute atomic E-state index is 13.7. The van der Waals surface area contributed by atoms with Gasteiger partial charge in [-0.2, -0.15) is 5.10 Å². The van der Waals surface area contributed by atoms with E-state index < -0.39 is 5.82 Å². The van der Waals surface area contributed by atoms with Gasteiger partial charge in [0.2, 0.25) is 0 Å². The van der Waals surface area contributed by atoms with E-state index in [1.165, 1.54) is 23.0 Å². The standard InChI is InChI=1S/C21H14ClFN4O/c22-18-6-1-2-7-19(18)26-21(28)17-13-25-27(16-5-3-4-15(23)12-16)20(17)14-8-10-24-11-9-14/h1-13H,(H,26,28). The largest absolute Gasteiger partial charge is 0.321 e. The quantitative estimate of drug-likeness (QED) is 0.533. The lowest BCUT2D eigenvalue weighted by Gasteiger charge is -2.11. The van der Waals surface area contributed by atoms with E-state index in [1.807, 2.05) is 0 Å². The minimum atomic E-state index is -0.393. The molecule has 4 aromatic rings. The van der Waals surface area contributed by atoms with E-state index in [-0.39, 0.29) is 5.91 Å². The molecule has 0 aliphatic carbocycles. The van der Waals surface area contributed by atoms with Crippen molar-refractivity contribution in [2.24, 2.45) is 0 Å². The molecule has 0 bridgehead atoms. The van der Waals surface area contributed by atoms with Crippen LogP contribution < -0.4 is 5.32 Å². The summed E-state index contributed by atoms with van der Waals surface area (Å²) in [5.74, 6) is -0.765. The molecule has 1 N–H and O–H groups in total. The van der Waals surface area contributed by atoms with Crippen molar-refractivity contribution in [3.8, 4) is 16.9 Å². The van der Waals surface area contributed by atoms with Crippen molar-refractivity contribution in [2.75, 3.05) is 5.32 Å². The van der Waals surface area contributed by atoms with Gasteiger partial charge in [0.1, 0.15) is 5.82 Å². The number of hydrogen-bond donors (Lipinski definition) is 1.